The van der Waals surface area contributed by atoms with Crippen LogP contribution >= 0.6 is 11.3 Å². The molecule has 0 unspecified atom stereocenters. The van der Waals surface area contributed by atoms with Gasteiger partial charge in [0.05, 0.1) is 11.0 Å². The third kappa shape index (κ3) is 4.24. The first kappa shape index (κ1) is 19.9. The molecule has 0 saturated carbocycles. The van der Waals surface area contributed by atoms with Gasteiger partial charge in [-0.3, -0.25) is 4.79 Å². The van der Waals surface area contributed by atoms with Crippen LogP contribution in [0.2, 0.25) is 0 Å². The standard InChI is InChI=1S/C24H24N4O2S/c1-28-10-6-20-22(28)18(14-16-2-4-17(5-3-16)24-25-9-13-31-24)15-21(27-20)23(29)26-19-7-11-30-12-8-19/h2-6,9-10,13,15,19H,7-8,11-12,14H2,1H3,(H,26,29). The Bertz CT molecular complexity index is 1190. The zero-order valence-corrected chi connectivity index (χ0v) is 18.2. The number of aryl methyl sites for hydroxylation is 1. The predicted molar refractivity (Wildman–Crippen MR) is 122 cm³/mol. The van der Waals surface area contributed by atoms with Gasteiger partial charge in [0, 0.05) is 49.6 Å². The van der Waals surface area contributed by atoms with Gasteiger partial charge in [0.1, 0.15) is 10.7 Å². The maximum Gasteiger partial charge on any atom is 0.270 e. The smallest absolute Gasteiger partial charge is 0.270 e. The highest BCUT2D eigenvalue weighted by molar-refractivity contribution is 7.13. The molecule has 3 aromatic heterocycles. The lowest BCUT2D eigenvalue weighted by Crippen LogP contribution is -2.39. The Labute approximate surface area is 184 Å². The van der Waals surface area contributed by atoms with Crippen molar-refractivity contribution in [2.75, 3.05) is 13.2 Å². The second-order valence-corrected chi connectivity index (χ2v) is 8.79. The first-order chi connectivity index (χ1) is 15.2. The van der Waals surface area contributed by atoms with Crippen molar-refractivity contribution >= 4 is 28.3 Å². The molecule has 1 N–H and O–H groups in total. The van der Waals surface area contributed by atoms with Crippen LogP contribution in [0.1, 0.15) is 34.5 Å². The van der Waals surface area contributed by atoms with Crippen molar-refractivity contribution in [2.24, 2.45) is 7.05 Å². The van der Waals surface area contributed by atoms with E-state index in [0.29, 0.717) is 18.9 Å². The number of carbonyl (C=O) groups excluding carboxylic acids is 1. The molecule has 1 aliphatic heterocycles. The number of rotatable bonds is 5. The molecule has 0 bridgehead atoms. The summed E-state index contributed by atoms with van der Waals surface area (Å²) in [6.45, 7) is 1.39. The van der Waals surface area contributed by atoms with E-state index >= 15 is 0 Å². The molecular weight excluding hydrogens is 408 g/mol. The molecule has 4 aromatic rings. The van der Waals surface area contributed by atoms with Crippen LogP contribution in [-0.2, 0) is 18.2 Å². The maximum atomic E-state index is 12.9. The lowest BCUT2D eigenvalue weighted by atomic mass is 10.0. The Balaban J connectivity index is 1.43. The minimum absolute atomic E-state index is 0.113. The van der Waals surface area contributed by atoms with Gasteiger partial charge in [-0.25, -0.2) is 9.97 Å². The molecule has 4 heterocycles. The first-order valence-corrected chi connectivity index (χ1v) is 11.4. The summed E-state index contributed by atoms with van der Waals surface area (Å²) in [5.74, 6) is -0.113. The van der Waals surface area contributed by atoms with E-state index in [4.69, 9.17) is 4.74 Å². The molecule has 0 spiro atoms. The van der Waals surface area contributed by atoms with Gasteiger partial charge in [0.2, 0.25) is 0 Å². The largest absolute Gasteiger partial charge is 0.381 e. The first-order valence-electron chi connectivity index (χ1n) is 10.5. The molecule has 158 valence electrons. The molecule has 0 aliphatic carbocycles. The zero-order valence-electron chi connectivity index (χ0n) is 17.4. The summed E-state index contributed by atoms with van der Waals surface area (Å²) in [5, 5.41) is 6.13. The number of nitrogens with one attached hydrogen (secondary N) is 1. The van der Waals surface area contributed by atoms with E-state index in [2.05, 4.69) is 44.1 Å². The van der Waals surface area contributed by atoms with E-state index in [1.807, 2.05) is 37.0 Å². The van der Waals surface area contributed by atoms with E-state index in [9.17, 15) is 4.79 Å². The number of hydrogen-bond donors (Lipinski definition) is 1. The number of amides is 1. The van der Waals surface area contributed by atoms with E-state index < -0.39 is 0 Å². The van der Waals surface area contributed by atoms with Crippen LogP contribution in [0.3, 0.4) is 0 Å². The van der Waals surface area contributed by atoms with Gasteiger partial charge >= 0.3 is 0 Å². The zero-order chi connectivity index (χ0) is 21.2. The molecular formula is C24H24N4O2S. The Morgan fingerprint density at radius 1 is 1.23 bits per heavy atom. The number of thiazole rings is 1. The molecule has 1 amide bonds. The SMILES string of the molecule is Cn1ccc2nc(C(=O)NC3CCOCC3)cc(Cc3ccc(-c4nccs4)cc3)c21. The molecule has 7 heteroatoms. The monoisotopic (exact) mass is 432 g/mol. The molecule has 1 aromatic carbocycles. The molecule has 1 aliphatic rings. The van der Waals surface area contributed by atoms with Crippen molar-refractivity contribution in [1.82, 2.24) is 19.9 Å². The predicted octanol–water partition coefficient (Wildman–Crippen LogP) is 4.20. The number of carbonyl (C=O) groups is 1. The number of hydrogen-bond acceptors (Lipinski definition) is 5. The van der Waals surface area contributed by atoms with Crippen LogP contribution in [0.15, 0.2) is 54.2 Å². The number of aromatic nitrogens is 3. The van der Waals surface area contributed by atoms with Gasteiger partial charge in [0.25, 0.3) is 5.91 Å². The van der Waals surface area contributed by atoms with E-state index in [0.717, 1.165) is 46.4 Å². The Kier molecular flexibility index (Phi) is 5.53. The van der Waals surface area contributed by atoms with Crippen molar-refractivity contribution in [1.29, 1.82) is 0 Å². The number of benzene rings is 1. The number of ether oxygens (including phenoxy) is 1. The fourth-order valence-corrected chi connectivity index (χ4v) is 4.74. The highest BCUT2D eigenvalue weighted by Gasteiger charge is 2.20. The third-order valence-corrected chi connectivity index (χ3v) is 6.55. The second kappa shape index (κ2) is 8.61. The minimum Gasteiger partial charge on any atom is -0.381 e. The van der Waals surface area contributed by atoms with E-state index in [1.165, 1.54) is 5.56 Å². The Morgan fingerprint density at radius 3 is 2.77 bits per heavy atom. The van der Waals surface area contributed by atoms with Crippen molar-refractivity contribution in [2.45, 2.75) is 25.3 Å². The van der Waals surface area contributed by atoms with Crippen LogP contribution in [0.25, 0.3) is 21.6 Å². The van der Waals surface area contributed by atoms with Gasteiger partial charge in [-0.05, 0) is 42.5 Å². The highest BCUT2D eigenvalue weighted by atomic mass is 32.1. The van der Waals surface area contributed by atoms with Gasteiger partial charge in [-0.2, -0.15) is 0 Å². The second-order valence-electron chi connectivity index (χ2n) is 7.90. The lowest BCUT2D eigenvalue weighted by molar-refractivity contribution is 0.0694. The van der Waals surface area contributed by atoms with Crippen LogP contribution in [-0.4, -0.2) is 39.7 Å². The Morgan fingerprint density at radius 2 is 2.03 bits per heavy atom. The molecule has 5 rings (SSSR count). The fourth-order valence-electron chi connectivity index (χ4n) is 4.10. The van der Waals surface area contributed by atoms with Crippen molar-refractivity contribution in [3.8, 4) is 10.6 Å². The van der Waals surface area contributed by atoms with E-state index in [-0.39, 0.29) is 11.9 Å². The Hall–Kier alpha value is -3.03. The summed E-state index contributed by atoms with van der Waals surface area (Å²) in [6.07, 6.45) is 6.23. The van der Waals surface area contributed by atoms with Crippen molar-refractivity contribution < 1.29 is 9.53 Å². The number of pyridine rings is 1. The molecule has 0 atom stereocenters. The van der Waals surface area contributed by atoms with Crippen LogP contribution in [0, 0.1) is 0 Å². The number of fused-ring (bicyclic) bond motifs is 1. The molecule has 6 nitrogen and oxygen atoms in total. The van der Waals surface area contributed by atoms with E-state index in [1.54, 1.807) is 11.3 Å². The topological polar surface area (TPSA) is 69.0 Å². The maximum absolute atomic E-state index is 12.9. The lowest BCUT2D eigenvalue weighted by Gasteiger charge is -2.23. The van der Waals surface area contributed by atoms with Crippen LogP contribution in [0.5, 0.6) is 0 Å². The average molecular weight is 433 g/mol. The molecule has 0 radical (unpaired) electrons. The van der Waals surface area contributed by atoms with Gasteiger partial charge in [-0.15, -0.1) is 11.3 Å². The van der Waals surface area contributed by atoms with Gasteiger partial charge in [-0.1, -0.05) is 24.3 Å². The highest BCUT2D eigenvalue weighted by Crippen LogP contribution is 2.25. The van der Waals surface area contributed by atoms with Gasteiger partial charge in [0.15, 0.2) is 0 Å². The van der Waals surface area contributed by atoms with Crippen LogP contribution < -0.4 is 5.32 Å². The molecule has 1 fully saturated rings. The van der Waals surface area contributed by atoms with Crippen LogP contribution in [0.4, 0.5) is 0 Å². The normalized spacial score (nSPS) is 14.7. The average Bonchev–Trinajstić information content (AvgIpc) is 3.45. The number of nitrogens with zero attached hydrogens (tertiary/aromatic N) is 3. The molecule has 31 heavy (non-hydrogen) atoms. The van der Waals surface area contributed by atoms with Gasteiger partial charge < -0.3 is 14.6 Å². The summed E-state index contributed by atoms with van der Waals surface area (Å²) in [7, 11) is 2.01. The summed E-state index contributed by atoms with van der Waals surface area (Å²) < 4.78 is 7.46. The van der Waals surface area contributed by atoms with Crippen molar-refractivity contribution in [3.63, 3.8) is 0 Å². The third-order valence-electron chi connectivity index (χ3n) is 5.72. The van der Waals surface area contributed by atoms with Crippen molar-refractivity contribution in [3.05, 3.63) is 71.0 Å². The summed E-state index contributed by atoms with van der Waals surface area (Å²) in [4.78, 5) is 21.9. The quantitative estimate of drug-likeness (QED) is 0.513. The summed E-state index contributed by atoms with van der Waals surface area (Å²) >= 11 is 1.64. The molecule has 1 saturated heterocycles. The fraction of sp³-hybridized carbons (Fsp3) is 0.292. The summed E-state index contributed by atoms with van der Waals surface area (Å²) in [5.41, 5.74) is 5.78. The minimum atomic E-state index is -0.113. The summed E-state index contributed by atoms with van der Waals surface area (Å²) in [6, 6.07) is 12.5.